The van der Waals surface area contributed by atoms with Crippen LogP contribution in [0.25, 0.3) is 0 Å². The van der Waals surface area contributed by atoms with Crippen molar-refractivity contribution < 1.29 is 13.2 Å². The van der Waals surface area contributed by atoms with Crippen molar-refractivity contribution in [3.63, 3.8) is 0 Å². The summed E-state index contributed by atoms with van der Waals surface area (Å²) >= 11 is 0. The maximum Gasteiger partial charge on any atom is 0.391 e. The van der Waals surface area contributed by atoms with E-state index in [1.807, 2.05) is 0 Å². The zero-order valence-corrected chi connectivity index (χ0v) is 11.4. The molecule has 0 aromatic carbocycles. The smallest absolute Gasteiger partial charge is 0.316 e. The molecule has 0 spiro atoms. The Balaban J connectivity index is 1.52. The molecule has 2 rings (SSSR count). The number of hydrogen-bond donors (Lipinski definition) is 2. The largest absolute Gasteiger partial charge is 0.391 e. The van der Waals surface area contributed by atoms with Crippen LogP contribution in [0.2, 0.25) is 0 Å². The molecule has 0 aromatic rings. The van der Waals surface area contributed by atoms with Gasteiger partial charge in [-0.15, -0.1) is 0 Å². The van der Waals surface area contributed by atoms with Gasteiger partial charge in [-0.3, -0.25) is 0 Å². The first kappa shape index (κ1) is 15.1. The number of nitrogens with one attached hydrogen (secondary N) is 2. The Morgan fingerprint density at radius 2 is 1.79 bits per heavy atom. The Morgan fingerprint density at radius 1 is 1.00 bits per heavy atom. The second-order valence-corrected chi connectivity index (χ2v) is 6.06. The number of halogens is 3. The lowest BCUT2D eigenvalue weighted by atomic mass is 9.81. The minimum Gasteiger partial charge on any atom is -0.316 e. The average Bonchev–Trinajstić information content (AvgIpc) is 3.17. The second kappa shape index (κ2) is 6.93. The molecule has 2 saturated carbocycles. The van der Waals surface area contributed by atoms with E-state index in [-0.39, 0.29) is 5.92 Å². The Labute approximate surface area is 113 Å². The molecule has 2 N–H and O–H groups in total. The van der Waals surface area contributed by atoms with Crippen molar-refractivity contribution in [2.75, 3.05) is 19.6 Å². The Morgan fingerprint density at radius 3 is 2.47 bits per heavy atom. The van der Waals surface area contributed by atoms with Gasteiger partial charge in [-0.25, -0.2) is 0 Å². The number of rotatable bonds is 7. The van der Waals surface area contributed by atoms with Gasteiger partial charge >= 0.3 is 6.18 Å². The molecule has 0 saturated heterocycles. The van der Waals surface area contributed by atoms with Crippen molar-refractivity contribution in [2.24, 2.45) is 11.8 Å². The van der Waals surface area contributed by atoms with E-state index in [0.717, 1.165) is 44.9 Å². The van der Waals surface area contributed by atoms with Crippen LogP contribution < -0.4 is 10.6 Å². The lowest BCUT2D eigenvalue weighted by Crippen LogP contribution is -2.34. The molecular formula is C14H25F3N2. The summed E-state index contributed by atoms with van der Waals surface area (Å²) in [5.74, 6) is -0.860. The SMILES string of the molecule is FC(F)(F)C1CCCC(CNCCCNC2CC2)C1. The molecule has 2 atom stereocenters. The van der Waals surface area contributed by atoms with Crippen LogP contribution in [0, 0.1) is 11.8 Å². The predicted molar refractivity (Wildman–Crippen MR) is 70.0 cm³/mol. The van der Waals surface area contributed by atoms with Crippen molar-refractivity contribution in [3.05, 3.63) is 0 Å². The molecule has 2 aliphatic rings. The molecule has 2 aliphatic carbocycles. The van der Waals surface area contributed by atoms with E-state index < -0.39 is 12.1 Å². The molecule has 112 valence electrons. The molecule has 2 unspecified atom stereocenters. The Hall–Kier alpha value is -0.290. The van der Waals surface area contributed by atoms with Crippen LogP contribution in [0.4, 0.5) is 13.2 Å². The molecule has 0 aliphatic heterocycles. The average molecular weight is 278 g/mol. The highest BCUT2D eigenvalue weighted by Gasteiger charge is 2.41. The van der Waals surface area contributed by atoms with Gasteiger partial charge < -0.3 is 10.6 Å². The second-order valence-electron chi connectivity index (χ2n) is 6.06. The lowest BCUT2D eigenvalue weighted by Gasteiger charge is -2.30. The van der Waals surface area contributed by atoms with Crippen LogP contribution in [0.3, 0.4) is 0 Å². The van der Waals surface area contributed by atoms with Crippen molar-refractivity contribution in [3.8, 4) is 0 Å². The predicted octanol–water partition coefficient (Wildman–Crippen LogP) is 3.09. The molecule has 19 heavy (non-hydrogen) atoms. The van der Waals surface area contributed by atoms with E-state index in [1.54, 1.807) is 0 Å². The van der Waals surface area contributed by atoms with E-state index in [9.17, 15) is 13.2 Å². The van der Waals surface area contributed by atoms with Crippen LogP contribution in [0.5, 0.6) is 0 Å². The van der Waals surface area contributed by atoms with Gasteiger partial charge in [-0.1, -0.05) is 6.42 Å². The zero-order valence-electron chi connectivity index (χ0n) is 11.4. The third-order valence-electron chi connectivity index (χ3n) is 4.22. The quantitative estimate of drug-likeness (QED) is 0.699. The first-order chi connectivity index (χ1) is 9.05. The fourth-order valence-electron chi connectivity index (χ4n) is 2.89. The van der Waals surface area contributed by atoms with Crippen LogP contribution in [0.15, 0.2) is 0 Å². The highest BCUT2D eigenvalue weighted by molar-refractivity contribution is 4.81. The summed E-state index contributed by atoms with van der Waals surface area (Å²) < 4.78 is 38.0. The summed E-state index contributed by atoms with van der Waals surface area (Å²) in [5.41, 5.74) is 0. The van der Waals surface area contributed by atoms with E-state index in [2.05, 4.69) is 10.6 Å². The molecule has 0 heterocycles. The van der Waals surface area contributed by atoms with E-state index in [0.29, 0.717) is 12.8 Å². The van der Waals surface area contributed by atoms with Gasteiger partial charge in [0.05, 0.1) is 5.92 Å². The summed E-state index contributed by atoms with van der Waals surface area (Å²) in [5, 5.41) is 6.75. The number of alkyl halides is 3. The van der Waals surface area contributed by atoms with Gasteiger partial charge in [0, 0.05) is 6.04 Å². The normalized spacial score (nSPS) is 28.6. The fraction of sp³-hybridized carbons (Fsp3) is 1.00. The van der Waals surface area contributed by atoms with E-state index in [4.69, 9.17) is 0 Å². The summed E-state index contributed by atoms with van der Waals surface area (Å²) in [4.78, 5) is 0. The maximum absolute atomic E-state index is 12.7. The van der Waals surface area contributed by atoms with Crippen LogP contribution in [-0.4, -0.2) is 31.9 Å². The first-order valence-electron chi connectivity index (χ1n) is 7.56. The van der Waals surface area contributed by atoms with Crippen LogP contribution in [0.1, 0.15) is 44.9 Å². The Bertz CT molecular complexity index is 264. The minimum absolute atomic E-state index is 0.205. The van der Waals surface area contributed by atoms with Gasteiger partial charge in [0.2, 0.25) is 0 Å². The van der Waals surface area contributed by atoms with Gasteiger partial charge in [-0.05, 0) is 64.1 Å². The van der Waals surface area contributed by atoms with E-state index >= 15 is 0 Å². The third kappa shape index (κ3) is 5.69. The molecule has 0 bridgehead atoms. The molecule has 2 nitrogen and oxygen atoms in total. The van der Waals surface area contributed by atoms with Crippen molar-refractivity contribution in [1.29, 1.82) is 0 Å². The van der Waals surface area contributed by atoms with Crippen LogP contribution in [-0.2, 0) is 0 Å². The van der Waals surface area contributed by atoms with Crippen molar-refractivity contribution in [2.45, 2.75) is 57.2 Å². The molecule has 5 heteroatoms. The molecule has 0 radical (unpaired) electrons. The molecule has 2 fully saturated rings. The van der Waals surface area contributed by atoms with Crippen molar-refractivity contribution in [1.82, 2.24) is 10.6 Å². The van der Waals surface area contributed by atoms with Crippen LogP contribution >= 0.6 is 0 Å². The highest BCUT2D eigenvalue weighted by atomic mass is 19.4. The lowest BCUT2D eigenvalue weighted by molar-refractivity contribution is -0.185. The summed E-state index contributed by atoms with van der Waals surface area (Å²) in [6.45, 7) is 2.68. The summed E-state index contributed by atoms with van der Waals surface area (Å²) in [7, 11) is 0. The maximum atomic E-state index is 12.7. The summed E-state index contributed by atoms with van der Waals surface area (Å²) in [6.07, 6.45) is 1.98. The van der Waals surface area contributed by atoms with Crippen molar-refractivity contribution >= 4 is 0 Å². The monoisotopic (exact) mass is 278 g/mol. The van der Waals surface area contributed by atoms with E-state index in [1.165, 1.54) is 12.8 Å². The Kier molecular flexibility index (Phi) is 5.51. The molecule has 0 aromatic heterocycles. The minimum atomic E-state index is -3.99. The topological polar surface area (TPSA) is 24.1 Å². The molecular weight excluding hydrogens is 253 g/mol. The zero-order chi connectivity index (χ0) is 13.7. The highest BCUT2D eigenvalue weighted by Crippen LogP contribution is 2.39. The van der Waals surface area contributed by atoms with Gasteiger partial charge in [0.1, 0.15) is 0 Å². The first-order valence-corrected chi connectivity index (χ1v) is 7.56. The van der Waals surface area contributed by atoms with Gasteiger partial charge in [0.25, 0.3) is 0 Å². The molecule has 0 amide bonds. The standard InChI is InChI=1S/C14H25F3N2/c15-14(16,17)12-4-1-3-11(9-12)10-18-7-2-8-19-13-5-6-13/h11-13,18-19H,1-10H2. The number of hydrogen-bond acceptors (Lipinski definition) is 2. The summed E-state index contributed by atoms with van der Waals surface area (Å²) in [6, 6.07) is 0.742. The third-order valence-corrected chi connectivity index (χ3v) is 4.22. The van der Waals surface area contributed by atoms with Gasteiger partial charge in [0.15, 0.2) is 0 Å². The fourth-order valence-corrected chi connectivity index (χ4v) is 2.89. The van der Waals surface area contributed by atoms with Gasteiger partial charge in [-0.2, -0.15) is 13.2 Å².